The molecule has 2 N–H and O–H groups in total. The Morgan fingerprint density at radius 2 is 1.55 bits per heavy atom. The van der Waals surface area contributed by atoms with Gasteiger partial charge in [-0.05, 0) is 84.8 Å². The predicted octanol–water partition coefficient (Wildman–Crippen LogP) is 7.89. The molecule has 0 radical (unpaired) electrons. The highest BCUT2D eigenvalue weighted by Crippen LogP contribution is 2.35. The van der Waals surface area contributed by atoms with Crippen LogP contribution in [0.5, 0.6) is 5.75 Å². The molecular formula is C33H29Cl2N3O4. The summed E-state index contributed by atoms with van der Waals surface area (Å²) in [5.74, 6) is -0.495. The van der Waals surface area contributed by atoms with Gasteiger partial charge in [0, 0.05) is 32.8 Å². The van der Waals surface area contributed by atoms with Crippen molar-refractivity contribution in [3.8, 4) is 28.3 Å². The molecule has 5 rings (SSSR count). The minimum atomic E-state index is -0.965. The number of aromatic nitrogens is 2. The standard InChI is InChI=1S/C33H29Cl2N3O4/c1-19(12-32(39)40)36-33(41)22-6-4-21(5-7-22)20(2)38-31(18-30(37-38)26-14-27(34)17-28(35)15-26)25-9-8-24-16-29(42-3)11-10-23(24)13-25/h4-11,13-20H,12H2,1-3H3,(H,36,41)(H,39,40). The summed E-state index contributed by atoms with van der Waals surface area (Å²) in [5, 5.41) is 19.9. The van der Waals surface area contributed by atoms with Gasteiger partial charge in [-0.15, -0.1) is 0 Å². The van der Waals surface area contributed by atoms with Crippen LogP contribution in [0.3, 0.4) is 0 Å². The number of aliphatic carboxylic acids is 1. The monoisotopic (exact) mass is 601 g/mol. The van der Waals surface area contributed by atoms with Gasteiger partial charge in [-0.3, -0.25) is 14.3 Å². The lowest BCUT2D eigenvalue weighted by Gasteiger charge is -2.18. The molecule has 2 atom stereocenters. The Bertz CT molecular complexity index is 1760. The van der Waals surface area contributed by atoms with Gasteiger partial charge in [0.05, 0.1) is 31.0 Å². The molecule has 9 heteroatoms. The number of nitrogens with one attached hydrogen (secondary N) is 1. The maximum absolute atomic E-state index is 12.6. The fourth-order valence-electron chi connectivity index (χ4n) is 4.93. The molecule has 42 heavy (non-hydrogen) atoms. The number of ether oxygens (including phenoxy) is 1. The van der Waals surface area contributed by atoms with Crippen molar-refractivity contribution in [2.75, 3.05) is 7.11 Å². The lowest BCUT2D eigenvalue weighted by atomic mass is 10.0. The number of methoxy groups -OCH3 is 1. The van der Waals surface area contributed by atoms with E-state index in [1.807, 2.05) is 60.1 Å². The number of fused-ring (bicyclic) bond motifs is 1. The van der Waals surface area contributed by atoms with E-state index < -0.39 is 12.0 Å². The van der Waals surface area contributed by atoms with Crippen molar-refractivity contribution >= 4 is 45.9 Å². The highest BCUT2D eigenvalue weighted by Gasteiger charge is 2.20. The van der Waals surface area contributed by atoms with Crippen molar-refractivity contribution in [3.63, 3.8) is 0 Å². The third-order valence-corrected chi connectivity index (χ3v) is 7.55. The second-order valence-corrected chi connectivity index (χ2v) is 11.1. The molecule has 1 aromatic heterocycles. The number of carboxylic acids is 1. The average Bonchev–Trinajstić information content (AvgIpc) is 3.41. The largest absolute Gasteiger partial charge is 0.497 e. The maximum Gasteiger partial charge on any atom is 0.305 e. The smallest absolute Gasteiger partial charge is 0.305 e. The van der Waals surface area contributed by atoms with E-state index in [0.29, 0.717) is 15.6 Å². The van der Waals surface area contributed by atoms with Gasteiger partial charge in [-0.25, -0.2) is 0 Å². The van der Waals surface area contributed by atoms with Crippen LogP contribution in [0.15, 0.2) is 84.9 Å². The molecule has 1 heterocycles. The first kappa shape index (κ1) is 29.2. The van der Waals surface area contributed by atoms with E-state index in [1.165, 1.54) is 0 Å². The molecule has 0 aliphatic carbocycles. The van der Waals surface area contributed by atoms with Gasteiger partial charge in [-0.1, -0.05) is 53.5 Å². The van der Waals surface area contributed by atoms with Crippen LogP contribution in [0.25, 0.3) is 33.3 Å². The molecule has 0 saturated carbocycles. The summed E-state index contributed by atoms with van der Waals surface area (Å²) in [4.78, 5) is 23.6. The molecule has 0 spiro atoms. The molecule has 0 saturated heterocycles. The van der Waals surface area contributed by atoms with Gasteiger partial charge >= 0.3 is 5.97 Å². The van der Waals surface area contributed by atoms with Crippen LogP contribution in [-0.2, 0) is 4.79 Å². The number of rotatable bonds is 9. The zero-order chi connectivity index (χ0) is 30.0. The Kier molecular flexibility index (Phi) is 8.52. The van der Waals surface area contributed by atoms with Gasteiger partial charge in [0.15, 0.2) is 0 Å². The minimum absolute atomic E-state index is 0.147. The molecule has 4 aromatic carbocycles. The van der Waals surface area contributed by atoms with Crippen molar-refractivity contribution in [1.82, 2.24) is 15.1 Å². The zero-order valence-electron chi connectivity index (χ0n) is 23.3. The quantitative estimate of drug-likeness (QED) is 0.179. The second-order valence-electron chi connectivity index (χ2n) is 10.2. The van der Waals surface area contributed by atoms with Crippen molar-refractivity contribution in [1.29, 1.82) is 0 Å². The van der Waals surface area contributed by atoms with E-state index in [9.17, 15) is 9.59 Å². The molecule has 1 amide bonds. The van der Waals surface area contributed by atoms with E-state index in [4.69, 9.17) is 38.1 Å². The number of amides is 1. The van der Waals surface area contributed by atoms with Crippen LogP contribution in [-0.4, -0.2) is 39.9 Å². The van der Waals surface area contributed by atoms with E-state index in [2.05, 4.69) is 23.5 Å². The fourth-order valence-corrected chi connectivity index (χ4v) is 5.46. The number of halogens is 2. The first-order valence-electron chi connectivity index (χ1n) is 13.4. The highest BCUT2D eigenvalue weighted by molar-refractivity contribution is 6.35. The summed E-state index contributed by atoms with van der Waals surface area (Å²) in [6.45, 7) is 3.71. The van der Waals surface area contributed by atoms with Crippen LogP contribution < -0.4 is 10.1 Å². The lowest BCUT2D eigenvalue weighted by molar-refractivity contribution is -0.137. The van der Waals surface area contributed by atoms with Gasteiger partial charge in [0.2, 0.25) is 0 Å². The number of carboxylic acid groups (broad SMARTS) is 1. The molecule has 214 valence electrons. The molecule has 0 bridgehead atoms. The number of hydrogen-bond donors (Lipinski definition) is 2. The molecule has 2 unspecified atom stereocenters. The maximum atomic E-state index is 12.6. The zero-order valence-corrected chi connectivity index (χ0v) is 24.8. The van der Waals surface area contributed by atoms with Gasteiger partial charge < -0.3 is 15.2 Å². The topological polar surface area (TPSA) is 93.5 Å². The van der Waals surface area contributed by atoms with E-state index >= 15 is 0 Å². The Morgan fingerprint density at radius 1 is 0.881 bits per heavy atom. The van der Waals surface area contributed by atoms with E-state index in [-0.39, 0.29) is 18.4 Å². The number of carbonyl (C=O) groups is 2. The van der Waals surface area contributed by atoms with Crippen LogP contribution >= 0.6 is 23.2 Å². The number of nitrogens with zero attached hydrogens (tertiary/aromatic N) is 2. The SMILES string of the molecule is COc1ccc2cc(-c3cc(-c4cc(Cl)cc(Cl)c4)nn3C(C)c3ccc(C(=O)NC(C)CC(=O)O)cc3)ccc2c1. The molecule has 0 aliphatic heterocycles. The van der Waals surface area contributed by atoms with Crippen LogP contribution in [0.1, 0.15) is 42.2 Å². The normalized spacial score (nSPS) is 12.6. The van der Waals surface area contributed by atoms with Crippen LogP contribution in [0.4, 0.5) is 0 Å². The Labute approximate surface area is 253 Å². The third kappa shape index (κ3) is 6.43. The third-order valence-electron chi connectivity index (χ3n) is 7.12. The van der Waals surface area contributed by atoms with Crippen molar-refractivity contribution in [2.24, 2.45) is 0 Å². The van der Waals surface area contributed by atoms with Crippen LogP contribution in [0, 0.1) is 0 Å². The Morgan fingerprint density at radius 3 is 2.21 bits per heavy atom. The minimum Gasteiger partial charge on any atom is -0.497 e. The first-order valence-corrected chi connectivity index (χ1v) is 14.1. The summed E-state index contributed by atoms with van der Waals surface area (Å²) in [6.07, 6.45) is -0.147. The fraction of sp³-hybridized carbons (Fsp3) is 0.182. The average molecular weight is 603 g/mol. The van der Waals surface area contributed by atoms with E-state index in [1.54, 1.807) is 32.2 Å². The molecule has 0 fully saturated rings. The Balaban J connectivity index is 1.52. The summed E-state index contributed by atoms with van der Waals surface area (Å²) < 4.78 is 7.34. The van der Waals surface area contributed by atoms with Crippen molar-refractivity contribution in [2.45, 2.75) is 32.4 Å². The number of hydrogen-bond acceptors (Lipinski definition) is 4. The second kappa shape index (κ2) is 12.3. The van der Waals surface area contributed by atoms with E-state index in [0.717, 1.165) is 44.6 Å². The summed E-state index contributed by atoms with van der Waals surface area (Å²) >= 11 is 12.6. The van der Waals surface area contributed by atoms with Gasteiger partial charge in [0.1, 0.15) is 5.75 Å². The number of carbonyl (C=O) groups excluding carboxylic acids is 1. The number of benzene rings is 4. The summed E-state index contributed by atoms with van der Waals surface area (Å²) in [7, 11) is 1.65. The molecule has 7 nitrogen and oxygen atoms in total. The summed E-state index contributed by atoms with van der Waals surface area (Å²) in [6, 6.07) is 26.1. The Hall–Kier alpha value is -4.33. The van der Waals surface area contributed by atoms with Crippen molar-refractivity contribution in [3.05, 3.63) is 106 Å². The van der Waals surface area contributed by atoms with Gasteiger partial charge in [0.25, 0.3) is 5.91 Å². The highest BCUT2D eigenvalue weighted by atomic mass is 35.5. The first-order chi connectivity index (χ1) is 20.1. The molecular weight excluding hydrogens is 573 g/mol. The predicted molar refractivity (Wildman–Crippen MR) is 167 cm³/mol. The van der Waals surface area contributed by atoms with Crippen molar-refractivity contribution < 1.29 is 19.4 Å². The molecule has 0 aliphatic rings. The van der Waals surface area contributed by atoms with Crippen LogP contribution in [0.2, 0.25) is 10.0 Å². The summed E-state index contributed by atoms with van der Waals surface area (Å²) in [5.41, 5.74) is 4.79. The molecule has 5 aromatic rings. The van der Waals surface area contributed by atoms with Gasteiger partial charge in [-0.2, -0.15) is 5.10 Å². The lowest BCUT2D eigenvalue weighted by Crippen LogP contribution is -2.34.